The van der Waals surface area contributed by atoms with Crippen LogP contribution in [0.3, 0.4) is 0 Å². The minimum absolute atomic E-state index is 0.00474. The molecule has 1 aliphatic rings. The van der Waals surface area contributed by atoms with Crippen LogP contribution in [-0.4, -0.2) is 58.8 Å². The normalized spacial score (nSPS) is 15.7. The Morgan fingerprint density at radius 2 is 1.91 bits per heavy atom. The van der Waals surface area contributed by atoms with Gasteiger partial charge < -0.3 is 9.80 Å². The molecule has 2 rings (SSSR count). The van der Waals surface area contributed by atoms with Crippen LogP contribution in [0.5, 0.6) is 0 Å². The summed E-state index contributed by atoms with van der Waals surface area (Å²) >= 11 is 0. The Morgan fingerprint density at radius 3 is 2.45 bits per heavy atom. The van der Waals surface area contributed by atoms with Crippen molar-refractivity contribution in [1.82, 2.24) is 19.8 Å². The topological polar surface area (TPSA) is 66.4 Å². The third kappa shape index (κ3) is 3.81. The highest BCUT2D eigenvalue weighted by Crippen LogP contribution is 2.22. The van der Waals surface area contributed by atoms with Crippen molar-refractivity contribution in [2.75, 3.05) is 27.2 Å². The summed E-state index contributed by atoms with van der Waals surface area (Å²) in [5, 5.41) is 0. The highest BCUT2D eigenvalue weighted by atomic mass is 16.2. The Labute approximate surface area is 131 Å². The standard InChI is InChI=1S/C16H24N4O2/c1-11-14(10-17-12(2)18-11)16(22)20-7-5-13(6-8-20)9-15(21)19(3)4/h10,13H,5-9H2,1-4H3. The number of amides is 2. The number of rotatable bonds is 3. The van der Waals surface area contributed by atoms with Crippen LogP contribution in [0, 0.1) is 19.8 Å². The molecule has 0 radical (unpaired) electrons. The first-order chi connectivity index (χ1) is 10.4. The van der Waals surface area contributed by atoms with Gasteiger partial charge in [0.15, 0.2) is 0 Å². The van der Waals surface area contributed by atoms with Crippen LogP contribution in [0.1, 0.15) is 41.1 Å². The predicted octanol–water partition coefficient (Wildman–Crippen LogP) is 1.42. The molecule has 0 bridgehead atoms. The maximum absolute atomic E-state index is 12.5. The fourth-order valence-electron chi connectivity index (χ4n) is 2.73. The van der Waals surface area contributed by atoms with E-state index >= 15 is 0 Å². The van der Waals surface area contributed by atoms with Crippen molar-refractivity contribution >= 4 is 11.8 Å². The van der Waals surface area contributed by atoms with E-state index in [2.05, 4.69) is 9.97 Å². The molecule has 0 aliphatic carbocycles. The maximum Gasteiger partial charge on any atom is 0.257 e. The van der Waals surface area contributed by atoms with Gasteiger partial charge in [0.1, 0.15) is 5.82 Å². The zero-order chi connectivity index (χ0) is 16.3. The molecule has 0 atom stereocenters. The van der Waals surface area contributed by atoms with Crippen LogP contribution in [0.2, 0.25) is 0 Å². The van der Waals surface area contributed by atoms with Crippen LogP contribution in [0.4, 0.5) is 0 Å². The molecule has 0 saturated carbocycles. The lowest BCUT2D eigenvalue weighted by molar-refractivity contribution is -0.129. The lowest BCUT2D eigenvalue weighted by atomic mass is 9.92. The van der Waals surface area contributed by atoms with Gasteiger partial charge in [-0.2, -0.15) is 0 Å². The zero-order valence-corrected chi connectivity index (χ0v) is 13.8. The van der Waals surface area contributed by atoms with Crippen molar-refractivity contribution in [3.63, 3.8) is 0 Å². The second-order valence-electron chi connectivity index (χ2n) is 6.14. The summed E-state index contributed by atoms with van der Waals surface area (Å²) in [4.78, 5) is 36.1. The first kappa shape index (κ1) is 16.4. The third-order valence-electron chi connectivity index (χ3n) is 4.19. The number of aryl methyl sites for hydroxylation is 2. The van der Waals surface area contributed by atoms with Crippen molar-refractivity contribution in [2.45, 2.75) is 33.1 Å². The number of carbonyl (C=O) groups excluding carboxylic acids is 2. The Bertz CT molecular complexity index is 563. The van der Waals surface area contributed by atoms with Crippen LogP contribution in [0.25, 0.3) is 0 Å². The van der Waals surface area contributed by atoms with Gasteiger partial charge >= 0.3 is 0 Å². The molecule has 1 aliphatic heterocycles. The molecule has 6 heteroatoms. The maximum atomic E-state index is 12.5. The van der Waals surface area contributed by atoms with Crippen molar-refractivity contribution in [3.8, 4) is 0 Å². The van der Waals surface area contributed by atoms with Gasteiger partial charge in [-0.1, -0.05) is 0 Å². The Kier molecular flexibility index (Phi) is 5.11. The Hall–Kier alpha value is -1.98. The number of nitrogens with zero attached hydrogens (tertiary/aromatic N) is 4. The molecule has 0 unspecified atom stereocenters. The van der Waals surface area contributed by atoms with E-state index in [1.165, 1.54) is 0 Å². The molecule has 0 spiro atoms. The number of hydrogen-bond donors (Lipinski definition) is 0. The van der Waals surface area contributed by atoms with E-state index in [4.69, 9.17) is 0 Å². The molecule has 1 aromatic rings. The quantitative estimate of drug-likeness (QED) is 0.847. The van der Waals surface area contributed by atoms with Crippen molar-refractivity contribution in [3.05, 3.63) is 23.3 Å². The van der Waals surface area contributed by atoms with E-state index < -0.39 is 0 Å². The molecule has 6 nitrogen and oxygen atoms in total. The SMILES string of the molecule is Cc1ncc(C(=O)N2CCC(CC(=O)N(C)C)CC2)c(C)n1. The monoisotopic (exact) mass is 304 g/mol. The van der Waals surface area contributed by atoms with E-state index in [0.717, 1.165) is 18.5 Å². The van der Waals surface area contributed by atoms with Gasteiger partial charge in [-0.15, -0.1) is 0 Å². The fourth-order valence-corrected chi connectivity index (χ4v) is 2.73. The zero-order valence-electron chi connectivity index (χ0n) is 13.8. The molecule has 1 aromatic heterocycles. The van der Waals surface area contributed by atoms with E-state index in [9.17, 15) is 9.59 Å². The molecular formula is C16H24N4O2. The van der Waals surface area contributed by atoms with Gasteiger partial charge in [0.25, 0.3) is 5.91 Å². The Balaban J connectivity index is 1.94. The molecule has 0 N–H and O–H groups in total. The molecule has 1 saturated heterocycles. The van der Waals surface area contributed by atoms with E-state index in [-0.39, 0.29) is 11.8 Å². The van der Waals surface area contributed by atoms with E-state index in [0.29, 0.717) is 36.8 Å². The third-order valence-corrected chi connectivity index (χ3v) is 4.19. The average molecular weight is 304 g/mol. The van der Waals surface area contributed by atoms with Crippen LogP contribution < -0.4 is 0 Å². The minimum Gasteiger partial charge on any atom is -0.349 e. The average Bonchev–Trinajstić information content (AvgIpc) is 2.47. The van der Waals surface area contributed by atoms with Gasteiger partial charge in [-0.3, -0.25) is 9.59 Å². The predicted molar refractivity (Wildman–Crippen MR) is 83.4 cm³/mol. The summed E-state index contributed by atoms with van der Waals surface area (Å²) in [5.74, 6) is 1.20. The second-order valence-corrected chi connectivity index (χ2v) is 6.14. The van der Waals surface area contributed by atoms with Crippen molar-refractivity contribution < 1.29 is 9.59 Å². The lowest BCUT2D eigenvalue weighted by Gasteiger charge is -2.32. The molecule has 22 heavy (non-hydrogen) atoms. The first-order valence-electron chi connectivity index (χ1n) is 7.68. The number of likely N-dealkylation sites (tertiary alicyclic amines) is 1. The summed E-state index contributed by atoms with van der Waals surface area (Å²) in [6.45, 7) is 5.04. The van der Waals surface area contributed by atoms with Crippen LogP contribution >= 0.6 is 0 Å². The largest absolute Gasteiger partial charge is 0.349 e. The summed E-state index contributed by atoms with van der Waals surface area (Å²) in [7, 11) is 3.56. The number of piperidine rings is 1. The summed E-state index contributed by atoms with van der Waals surface area (Å²) in [5.41, 5.74) is 1.30. The number of hydrogen-bond acceptors (Lipinski definition) is 4. The lowest BCUT2D eigenvalue weighted by Crippen LogP contribution is -2.40. The summed E-state index contributed by atoms with van der Waals surface area (Å²) < 4.78 is 0. The van der Waals surface area contributed by atoms with Crippen LogP contribution in [-0.2, 0) is 4.79 Å². The Morgan fingerprint density at radius 1 is 1.27 bits per heavy atom. The minimum atomic E-state index is -0.00474. The molecule has 1 fully saturated rings. The van der Waals surface area contributed by atoms with Crippen LogP contribution in [0.15, 0.2) is 6.20 Å². The van der Waals surface area contributed by atoms with Crippen molar-refractivity contribution in [1.29, 1.82) is 0 Å². The first-order valence-corrected chi connectivity index (χ1v) is 7.68. The van der Waals surface area contributed by atoms with Gasteiger partial charge in [0, 0.05) is 39.8 Å². The molecule has 2 heterocycles. The molecule has 0 aromatic carbocycles. The molecule has 2 amide bonds. The van der Waals surface area contributed by atoms with Gasteiger partial charge in [0.05, 0.1) is 11.3 Å². The second kappa shape index (κ2) is 6.85. The van der Waals surface area contributed by atoms with Gasteiger partial charge in [-0.05, 0) is 32.6 Å². The highest BCUT2D eigenvalue weighted by molar-refractivity contribution is 5.95. The smallest absolute Gasteiger partial charge is 0.257 e. The number of carbonyl (C=O) groups is 2. The molecular weight excluding hydrogens is 280 g/mol. The van der Waals surface area contributed by atoms with E-state index in [1.807, 2.05) is 18.7 Å². The summed E-state index contributed by atoms with van der Waals surface area (Å²) in [6.07, 6.45) is 3.93. The van der Waals surface area contributed by atoms with Gasteiger partial charge in [-0.25, -0.2) is 9.97 Å². The van der Waals surface area contributed by atoms with Crippen molar-refractivity contribution in [2.24, 2.45) is 5.92 Å². The summed E-state index contributed by atoms with van der Waals surface area (Å²) in [6, 6.07) is 0. The number of aromatic nitrogens is 2. The molecule has 120 valence electrons. The van der Waals surface area contributed by atoms with Gasteiger partial charge in [0.2, 0.25) is 5.91 Å². The van der Waals surface area contributed by atoms with E-state index in [1.54, 1.807) is 25.2 Å². The fraction of sp³-hybridized carbons (Fsp3) is 0.625. The highest BCUT2D eigenvalue weighted by Gasteiger charge is 2.26.